The van der Waals surface area contributed by atoms with Gasteiger partial charge in [0.2, 0.25) is 59.1 Å². The van der Waals surface area contributed by atoms with E-state index >= 15 is 14.4 Å². The Morgan fingerprint density at radius 2 is 1.26 bits per heavy atom. The molecule has 16 N–H and O–H groups in total. The van der Waals surface area contributed by atoms with E-state index in [1.54, 1.807) is 31.5 Å². The molecule has 4 heterocycles. The number of amides is 10. The van der Waals surface area contributed by atoms with Gasteiger partial charge in [0.15, 0.2) is 5.96 Å². The molecule has 29 nitrogen and oxygen atoms in total. The van der Waals surface area contributed by atoms with Crippen LogP contribution >= 0.6 is 0 Å². The van der Waals surface area contributed by atoms with Gasteiger partial charge in [0.25, 0.3) is 0 Å². The van der Waals surface area contributed by atoms with Crippen molar-refractivity contribution in [2.75, 3.05) is 46.9 Å². The Morgan fingerprint density at radius 3 is 1.83 bits per heavy atom. The lowest BCUT2D eigenvalue weighted by Crippen LogP contribution is -2.61. The number of phenolic OH excluding ortho intramolecular Hbond substituents is 1. The normalized spacial score (nSPS) is 15.1. The van der Waals surface area contributed by atoms with Gasteiger partial charge >= 0.3 is 0 Å². The number of H-pyrrole nitrogens is 3. The first-order valence-corrected chi connectivity index (χ1v) is 31.3. The SMILES string of the molecule is CCNC(=O)[C@@H]1CCCN1C(=O)[C@H](CCCN=C(N)N)NC(=O)[C@H](CC(C)C)NC(=O)[C@@H](Cc1c[nH]c2ccccc12)NC(=O)[C@H](Cc1ccc(O)cc1)NC(=O)[C@H](CO)N(C)C(=O)[C@H](Cc1c[nH]c2ccccc12)NC(=O)[C@H](Cc1cnc[nH]1)NC(=O)CN(C)C(C)=O. The van der Waals surface area contributed by atoms with E-state index in [4.69, 9.17) is 11.5 Å². The number of nitrogens with two attached hydrogens (primary N) is 2. The van der Waals surface area contributed by atoms with Gasteiger partial charge in [-0.15, -0.1) is 0 Å². The predicted molar refractivity (Wildman–Crippen MR) is 349 cm³/mol. The lowest BCUT2D eigenvalue weighted by atomic mass is 9.99. The number of aromatic hydroxyl groups is 1. The Labute approximate surface area is 543 Å². The molecule has 504 valence electrons. The molecule has 0 spiro atoms. The molecule has 1 saturated heterocycles. The van der Waals surface area contributed by atoms with Crippen molar-refractivity contribution in [3.63, 3.8) is 0 Å². The summed E-state index contributed by atoms with van der Waals surface area (Å²) in [5.41, 5.74) is 14.6. The minimum Gasteiger partial charge on any atom is -0.508 e. The van der Waals surface area contributed by atoms with Gasteiger partial charge in [-0.1, -0.05) is 62.4 Å². The Bertz CT molecular complexity index is 3640. The van der Waals surface area contributed by atoms with Crippen molar-refractivity contribution in [3.8, 4) is 5.75 Å². The van der Waals surface area contributed by atoms with Crippen LogP contribution in [0.15, 0.2) is 103 Å². The summed E-state index contributed by atoms with van der Waals surface area (Å²) in [5, 5.41) is 42.2. The van der Waals surface area contributed by atoms with Gasteiger partial charge in [0.1, 0.15) is 54.1 Å². The molecule has 6 aromatic rings. The highest BCUT2D eigenvalue weighted by atomic mass is 16.3. The van der Waals surface area contributed by atoms with Crippen molar-refractivity contribution >= 4 is 86.8 Å². The van der Waals surface area contributed by atoms with E-state index in [1.807, 2.05) is 50.2 Å². The predicted octanol–water partition coefficient (Wildman–Crippen LogP) is -0.218. The highest BCUT2D eigenvalue weighted by Gasteiger charge is 2.40. The molecule has 1 aliphatic heterocycles. The number of aliphatic hydroxyl groups is 1. The number of rotatable bonds is 33. The maximum absolute atomic E-state index is 15.2. The van der Waals surface area contributed by atoms with Crippen LogP contribution in [0.3, 0.4) is 0 Å². The second kappa shape index (κ2) is 33.8. The van der Waals surface area contributed by atoms with Crippen LogP contribution in [0.2, 0.25) is 0 Å². The van der Waals surface area contributed by atoms with E-state index in [9.17, 15) is 43.8 Å². The van der Waals surface area contributed by atoms with Gasteiger partial charge in [-0.3, -0.25) is 52.9 Å². The van der Waals surface area contributed by atoms with E-state index in [0.29, 0.717) is 63.6 Å². The van der Waals surface area contributed by atoms with Crippen LogP contribution in [-0.4, -0.2) is 205 Å². The zero-order valence-electron chi connectivity index (χ0n) is 53.7. The number of para-hydroxylation sites is 2. The van der Waals surface area contributed by atoms with Crippen LogP contribution in [0.1, 0.15) is 82.2 Å². The van der Waals surface area contributed by atoms with E-state index in [0.717, 1.165) is 9.80 Å². The number of imidazole rings is 1. The molecule has 0 aliphatic carbocycles. The minimum absolute atomic E-state index is 0.0640. The Balaban J connectivity index is 1.18. The number of aromatic amines is 3. The molecular weight excluding hydrogens is 1210 g/mol. The quantitative estimate of drug-likeness (QED) is 0.0144. The molecule has 94 heavy (non-hydrogen) atoms. The number of benzene rings is 3. The molecule has 29 heteroatoms. The monoisotopic (exact) mass is 1300 g/mol. The summed E-state index contributed by atoms with van der Waals surface area (Å²) in [6, 6.07) is 9.41. The van der Waals surface area contributed by atoms with Crippen LogP contribution in [0, 0.1) is 5.92 Å². The number of carbonyl (C=O) groups excluding carboxylic acids is 10. The number of hydrogen-bond acceptors (Lipinski definition) is 14. The van der Waals surface area contributed by atoms with E-state index < -0.39 is 115 Å². The number of likely N-dealkylation sites (tertiary alicyclic amines) is 1. The summed E-state index contributed by atoms with van der Waals surface area (Å²) in [7, 11) is 2.65. The summed E-state index contributed by atoms with van der Waals surface area (Å²) >= 11 is 0. The molecule has 8 atom stereocenters. The van der Waals surface area contributed by atoms with E-state index in [1.165, 1.54) is 62.7 Å². The van der Waals surface area contributed by atoms with Crippen molar-refractivity contribution in [3.05, 3.63) is 120 Å². The molecule has 0 radical (unpaired) electrons. The summed E-state index contributed by atoms with van der Waals surface area (Å²) in [4.78, 5) is 163. The number of aliphatic imine (C=N–C) groups is 1. The zero-order valence-corrected chi connectivity index (χ0v) is 53.7. The third-order valence-electron chi connectivity index (χ3n) is 16.4. The van der Waals surface area contributed by atoms with Gasteiger partial charge in [0.05, 0.1) is 19.5 Å². The Hall–Kier alpha value is -10.3. The highest BCUT2D eigenvalue weighted by Crippen LogP contribution is 2.24. The maximum atomic E-state index is 15.2. The number of aromatic nitrogens is 4. The van der Waals surface area contributed by atoms with Crippen molar-refractivity contribution in [1.29, 1.82) is 0 Å². The number of carbonyl (C=O) groups is 10. The molecule has 1 fully saturated rings. The third kappa shape index (κ3) is 19.6. The average molecular weight is 1300 g/mol. The van der Waals surface area contributed by atoms with Crippen LogP contribution in [0.5, 0.6) is 5.75 Å². The first-order chi connectivity index (χ1) is 44.9. The number of guanidine groups is 1. The number of nitrogens with zero attached hydrogens (tertiary/aromatic N) is 5. The van der Waals surface area contributed by atoms with Crippen molar-refractivity contribution < 1.29 is 58.2 Å². The Kier molecular flexibility index (Phi) is 25.6. The van der Waals surface area contributed by atoms with Crippen LogP contribution < -0.4 is 48.7 Å². The second-order valence-corrected chi connectivity index (χ2v) is 23.9. The highest BCUT2D eigenvalue weighted by molar-refractivity contribution is 5.99. The fourth-order valence-electron chi connectivity index (χ4n) is 11.3. The maximum Gasteiger partial charge on any atom is 0.245 e. The van der Waals surface area contributed by atoms with Gasteiger partial charge in [-0.25, -0.2) is 4.98 Å². The van der Waals surface area contributed by atoms with Crippen LogP contribution in [0.4, 0.5) is 0 Å². The fraction of sp³-hybridized carbons (Fsp3) is 0.446. The Morgan fingerprint density at radius 1 is 0.702 bits per heavy atom. The van der Waals surface area contributed by atoms with E-state index in [2.05, 4.69) is 62.1 Å². The van der Waals surface area contributed by atoms with Gasteiger partial charge < -0.3 is 88.5 Å². The van der Waals surface area contributed by atoms with Gasteiger partial charge in [-0.2, -0.15) is 0 Å². The van der Waals surface area contributed by atoms with Crippen molar-refractivity contribution in [2.45, 2.75) is 134 Å². The number of aliphatic hydroxyl groups excluding tert-OH is 1. The van der Waals surface area contributed by atoms with Gasteiger partial charge in [-0.05, 0) is 85.9 Å². The number of nitrogens with one attached hydrogen (secondary N) is 10. The molecule has 7 rings (SSSR count). The smallest absolute Gasteiger partial charge is 0.245 e. The summed E-state index contributed by atoms with van der Waals surface area (Å²) in [5.74, 6) is -7.59. The molecule has 10 amide bonds. The number of hydrogen-bond donors (Lipinski definition) is 14. The fourth-order valence-corrected chi connectivity index (χ4v) is 11.3. The third-order valence-corrected chi connectivity index (χ3v) is 16.4. The largest absolute Gasteiger partial charge is 0.508 e. The summed E-state index contributed by atoms with van der Waals surface area (Å²) in [6.07, 6.45) is 6.80. The average Bonchev–Trinajstić information content (AvgIpc) is 1.71. The zero-order chi connectivity index (χ0) is 68.2. The molecule has 1 aliphatic rings. The minimum atomic E-state index is -1.74. The lowest BCUT2D eigenvalue weighted by molar-refractivity contribution is -0.144. The first kappa shape index (κ1) is 71.1. The van der Waals surface area contributed by atoms with Gasteiger partial charge in [0, 0.05) is 112 Å². The summed E-state index contributed by atoms with van der Waals surface area (Å²) < 4.78 is 0. The van der Waals surface area contributed by atoms with Crippen LogP contribution in [0.25, 0.3) is 21.8 Å². The standard InChI is InChI=1S/C65H87N17O12/c1-7-69-61(91)54-19-13-25-82(54)64(94)48(18-12-24-70-65(66)67)75-57(87)49(26-37(2)3)76-59(89)51(28-40-31-71-46-16-10-8-14-44(40)46)77-58(88)50(27-39-20-22-43(85)23-21-39)78-62(92)55(35-83)81(6)63(93)53(29-41-32-72-47-17-11-9-15-45(41)47)79-60(90)52(30-42-33-68-36-73-42)74-56(86)34-80(5)38(4)84/h8-11,14-17,20-23,31-33,36-37,48-55,71-72,83,85H,7,12-13,18-19,24-30,34-35H2,1-6H3,(H,68,73)(H,69,91)(H,74,86)(H,75,87)(H,76,89)(H,77,88)(H,78,92)(H,79,90)(H4,66,67,70)/t48-,49-,50-,51+,52-,53-,54-,55-/m0/s1. The molecular formula is C65H87N17O12. The molecule has 0 unspecified atom stereocenters. The van der Waals surface area contributed by atoms with Crippen LogP contribution in [-0.2, 0) is 73.6 Å². The van der Waals surface area contributed by atoms with E-state index in [-0.39, 0.29) is 81.6 Å². The molecule has 0 bridgehead atoms. The lowest BCUT2D eigenvalue weighted by Gasteiger charge is -2.32. The number of phenols is 1. The second-order valence-electron chi connectivity index (χ2n) is 23.9. The molecule has 3 aromatic carbocycles. The first-order valence-electron chi connectivity index (χ1n) is 31.3. The topological polar surface area (TPSA) is 430 Å². The van der Waals surface area contributed by atoms with Crippen molar-refractivity contribution in [2.24, 2.45) is 22.4 Å². The number of likely N-dealkylation sites (N-methyl/N-ethyl adjacent to an activating group) is 3. The molecule has 0 saturated carbocycles. The van der Waals surface area contributed by atoms with Crippen molar-refractivity contribution in [1.82, 2.24) is 71.9 Å². The molecule has 3 aromatic heterocycles. The summed E-state index contributed by atoms with van der Waals surface area (Å²) in [6.45, 7) is 6.05. The number of fused-ring (bicyclic) bond motifs is 2.